The largest absolute Gasteiger partial charge is 0.310 e. The quantitative estimate of drug-likeness (QED) is 0.856. The smallest absolute Gasteiger partial charge is 0.163 e. The van der Waals surface area contributed by atoms with E-state index in [1.807, 2.05) is 0 Å². The average Bonchev–Trinajstić information content (AvgIpc) is 2.40. The van der Waals surface area contributed by atoms with Crippen LogP contribution in [0.3, 0.4) is 0 Å². The maximum absolute atomic E-state index is 13.7. The summed E-state index contributed by atoms with van der Waals surface area (Å²) >= 11 is 0. The zero-order valence-corrected chi connectivity index (χ0v) is 12.6. The van der Waals surface area contributed by atoms with E-state index in [-0.39, 0.29) is 0 Å². The first-order valence-corrected chi connectivity index (χ1v) is 7.65. The molecule has 1 fully saturated rings. The molecule has 20 heavy (non-hydrogen) atoms. The summed E-state index contributed by atoms with van der Waals surface area (Å²) in [5.41, 5.74) is 0.422. The standard InChI is InChI=1S/C17H25F2N/c1-11(2)14-8-7-12(3)9-16(14)20-10-13-5-4-6-15(18)17(13)19/h4-6,11-12,14,16,20H,7-10H2,1-3H3. The van der Waals surface area contributed by atoms with Crippen LogP contribution in [0.1, 0.15) is 45.6 Å². The Bertz CT molecular complexity index is 445. The van der Waals surface area contributed by atoms with Crippen LogP contribution in [0.5, 0.6) is 0 Å². The third kappa shape index (κ3) is 3.57. The van der Waals surface area contributed by atoms with Crippen LogP contribution in [0.2, 0.25) is 0 Å². The zero-order valence-electron chi connectivity index (χ0n) is 12.6. The molecule has 0 radical (unpaired) electrons. The van der Waals surface area contributed by atoms with E-state index in [1.54, 1.807) is 12.1 Å². The lowest BCUT2D eigenvalue weighted by Crippen LogP contribution is -2.42. The third-order valence-electron chi connectivity index (χ3n) is 4.61. The predicted molar refractivity (Wildman–Crippen MR) is 78.3 cm³/mol. The fraction of sp³-hybridized carbons (Fsp3) is 0.647. The highest BCUT2D eigenvalue weighted by Crippen LogP contribution is 2.33. The van der Waals surface area contributed by atoms with Gasteiger partial charge in [-0.1, -0.05) is 39.3 Å². The molecule has 1 saturated carbocycles. The van der Waals surface area contributed by atoms with Crippen LogP contribution in [0, 0.1) is 29.4 Å². The van der Waals surface area contributed by atoms with Crippen LogP contribution in [-0.2, 0) is 6.54 Å². The van der Waals surface area contributed by atoms with Gasteiger partial charge >= 0.3 is 0 Å². The molecule has 1 aromatic carbocycles. The fourth-order valence-electron chi connectivity index (χ4n) is 3.36. The van der Waals surface area contributed by atoms with Gasteiger partial charge in [-0.15, -0.1) is 0 Å². The lowest BCUT2D eigenvalue weighted by Gasteiger charge is -2.38. The molecule has 0 aromatic heterocycles. The first-order valence-electron chi connectivity index (χ1n) is 7.65. The SMILES string of the molecule is CC1CCC(C(C)C)C(NCc2cccc(F)c2F)C1. The van der Waals surface area contributed by atoms with Gasteiger partial charge in [-0.2, -0.15) is 0 Å². The maximum Gasteiger partial charge on any atom is 0.163 e. The van der Waals surface area contributed by atoms with Crippen molar-refractivity contribution in [1.29, 1.82) is 0 Å². The van der Waals surface area contributed by atoms with E-state index in [0.717, 1.165) is 6.42 Å². The van der Waals surface area contributed by atoms with Crippen LogP contribution < -0.4 is 5.32 Å². The molecule has 1 aliphatic rings. The molecule has 112 valence electrons. The van der Waals surface area contributed by atoms with Crippen molar-refractivity contribution in [2.75, 3.05) is 0 Å². The summed E-state index contributed by atoms with van der Waals surface area (Å²) in [4.78, 5) is 0. The second-order valence-corrected chi connectivity index (χ2v) is 6.53. The third-order valence-corrected chi connectivity index (χ3v) is 4.61. The highest BCUT2D eigenvalue weighted by molar-refractivity contribution is 5.18. The average molecular weight is 281 g/mol. The van der Waals surface area contributed by atoms with E-state index in [4.69, 9.17) is 0 Å². The Morgan fingerprint density at radius 3 is 2.70 bits per heavy atom. The van der Waals surface area contributed by atoms with Gasteiger partial charge in [0.05, 0.1) is 0 Å². The van der Waals surface area contributed by atoms with Crippen LogP contribution in [-0.4, -0.2) is 6.04 Å². The van der Waals surface area contributed by atoms with Crippen molar-refractivity contribution in [3.63, 3.8) is 0 Å². The van der Waals surface area contributed by atoms with Gasteiger partial charge in [-0.05, 0) is 36.7 Å². The van der Waals surface area contributed by atoms with Crippen molar-refractivity contribution in [3.05, 3.63) is 35.4 Å². The van der Waals surface area contributed by atoms with Gasteiger partial charge in [-0.25, -0.2) is 8.78 Å². The number of halogens is 2. The topological polar surface area (TPSA) is 12.0 Å². The molecular formula is C17H25F2N. The van der Waals surface area contributed by atoms with E-state index in [2.05, 4.69) is 26.1 Å². The van der Waals surface area contributed by atoms with E-state index in [1.165, 1.54) is 18.9 Å². The zero-order chi connectivity index (χ0) is 14.7. The summed E-state index contributed by atoms with van der Waals surface area (Å²) in [7, 11) is 0. The monoisotopic (exact) mass is 281 g/mol. The molecule has 0 heterocycles. The molecule has 0 bridgehead atoms. The Labute approximate surface area is 120 Å². The van der Waals surface area contributed by atoms with E-state index >= 15 is 0 Å². The molecule has 1 N–H and O–H groups in total. The highest BCUT2D eigenvalue weighted by atomic mass is 19.2. The number of hydrogen-bond donors (Lipinski definition) is 1. The van der Waals surface area contributed by atoms with Crippen molar-refractivity contribution in [3.8, 4) is 0 Å². The summed E-state index contributed by atoms with van der Waals surface area (Å²) in [6, 6.07) is 4.79. The highest BCUT2D eigenvalue weighted by Gasteiger charge is 2.30. The van der Waals surface area contributed by atoms with Crippen molar-refractivity contribution >= 4 is 0 Å². The summed E-state index contributed by atoms with van der Waals surface area (Å²) < 4.78 is 26.9. The molecule has 2 rings (SSSR count). The number of nitrogens with one attached hydrogen (secondary N) is 1. The maximum atomic E-state index is 13.7. The van der Waals surface area contributed by atoms with Gasteiger partial charge in [0.2, 0.25) is 0 Å². The van der Waals surface area contributed by atoms with Crippen LogP contribution in [0.25, 0.3) is 0 Å². The van der Waals surface area contributed by atoms with Gasteiger partial charge in [0.25, 0.3) is 0 Å². The van der Waals surface area contributed by atoms with Crippen LogP contribution in [0.4, 0.5) is 8.78 Å². The van der Waals surface area contributed by atoms with Gasteiger partial charge in [0.1, 0.15) is 0 Å². The van der Waals surface area contributed by atoms with Crippen LogP contribution >= 0.6 is 0 Å². The first kappa shape index (κ1) is 15.4. The lowest BCUT2D eigenvalue weighted by atomic mass is 9.74. The molecule has 0 saturated heterocycles. The van der Waals surface area contributed by atoms with Crippen molar-refractivity contribution in [2.45, 2.75) is 52.6 Å². The molecule has 0 aliphatic heterocycles. The van der Waals surface area contributed by atoms with E-state index in [9.17, 15) is 8.78 Å². The number of benzene rings is 1. The molecule has 1 aliphatic carbocycles. The Morgan fingerprint density at radius 2 is 2.00 bits per heavy atom. The summed E-state index contributed by atoms with van der Waals surface area (Å²) in [6.07, 6.45) is 3.62. The van der Waals surface area contributed by atoms with Crippen LogP contribution in [0.15, 0.2) is 18.2 Å². The minimum atomic E-state index is -0.762. The first-order chi connectivity index (χ1) is 9.49. The number of rotatable bonds is 4. The van der Waals surface area contributed by atoms with Gasteiger partial charge in [0.15, 0.2) is 11.6 Å². The summed E-state index contributed by atoms with van der Waals surface area (Å²) in [5.74, 6) is 0.478. The normalized spacial score (nSPS) is 27.0. The predicted octanol–water partition coefficient (Wildman–Crippen LogP) is 4.52. The summed E-state index contributed by atoms with van der Waals surface area (Å²) in [5, 5.41) is 3.46. The Hall–Kier alpha value is -0.960. The molecule has 1 aromatic rings. The molecule has 0 spiro atoms. The minimum Gasteiger partial charge on any atom is -0.310 e. The van der Waals surface area contributed by atoms with Gasteiger partial charge in [-0.3, -0.25) is 0 Å². The van der Waals surface area contributed by atoms with Crippen molar-refractivity contribution in [1.82, 2.24) is 5.32 Å². The molecular weight excluding hydrogens is 256 g/mol. The van der Waals surface area contributed by atoms with Crippen molar-refractivity contribution < 1.29 is 8.78 Å². The van der Waals surface area contributed by atoms with Gasteiger partial charge in [0, 0.05) is 18.2 Å². The Kier molecular flexibility index (Phi) is 5.14. The molecule has 0 amide bonds. The Morgan fingerprint density at radius 1 is 1.25 bits per heavy atom. The number of hydrogen-bond acceptors (Lipinski definition) is 1. The fourth-order valence-corrected chi connectivity index (χ4v) is 3.36. The lowest BCUT2D eigenvalue weighted by molar-refractivity contribution is 0.168. The Balaban J connectivity index is 2.02. The summed E-state index contributed by atoms with van der Waals surface area (Å²) in [6.45, 7) is 7.17. The van der Waals surface area contributed by atoms with Crippen molar-refractivity contribution in [2.24, 2.45) is 17.8 Å². The molecule has 3 unspecified atom stereocenters. The second-order valence-electron chi connectivity index (χ2n) is 6.53. The molecule has 1 nitrogen and oxygen atoms in total. The van der Waals surface area contributed by atoms with E-state index < -0.39 is 11.6 Å². The molecule has 3 heteroatoms. The second kappa shape index (κ2) is 6.66. The van der Waals surface area contributed by atoms with Gasteiger partial charge < -0.3 is 5.32 Å². The molecule has 3 atom stereocenters. The minimum absolute atomic E-state index is 0.404. The van der Waals surface area contributed by atoms with E-state index in [0.29, 0.717) is 35.9 Å².